The van der Waals surface area contributed by atoms with E-state index in [9.17, 15) is 13.2 Å². The highest BCUT2D eigenvalue weighted by atomic mass is 35.5. The van der Waals surface area contributed by atoms with Crippen molar-refractivity contribution in [2.75, 3.05) is 38.0 Å². The van der Waals surface area contributed by atoms with Crippen molar-refractivity contribution in [1.29, 1.82) is 0 Å². The number of piperazine rings is 1. The molecule has 1 aliphatic rings. The number of hydrogen-bond donors (Lipinski definition) is 1. The average Bonchev–Trinajstić information content (AvgIpc) is 3.23. The van der Waals surface area contributed by atoms with Crippen LogP contribution in [0.4, 0.5) is 5.13 Å². The third-order valence-corrected chi connectivity index (χ3v) is 8.14. The number of hydrogen-bond acceptors (Lipinski definition) is 7. The van der Waals surface area contributed by atoms with Gasteiger partial charge in [-0.05, 0) is 37.3 Å². The maximum Gasteiger partial charge on any atom is 0.243 e. The van der Waals surface area contributed by atoms with Crippen molar-refractivity contribution in [2.24, 2.45) is 0 Å². The third kappa shape index (κ3) is 5.33. The van der Waals surface area contributed by atoms with E-state index >= 15 is 0 Å². The highest BCUT2D eigenvalue weighted by Gasteiger charge is 2.29. The highest BCUT2D eigenvalue weighted by Crippen LogP contribution is 2.27. The predicted molar refractivity (Wildman–Crippen MR) is 125 cm³/mol. The summed E-state index contributed by atoms with van der Waals surface area (Å²) < 4.78 is 27.0. The summed E-state index contributed by atoms with van der Waals surface area (Å²) in [6.45, 7) is 3.72. The molecule has 0 saturated carbocycles. The van der Waals surface area contributed by atoms with E-state index in [0.29, 0.717) is 36.3 Å². The first kappa shape index (κ1) is 22.8. The van der Waals surface area contributed by atoms with E-state index in [2.05, 4.69) is 15.5 Å². The number of anilines is 1. The number of carbonyl (C=O) groups excluding carboxylic acids is 1. The van der Waals surface area contributed by atoms with Crippen LogP contribution in [0.2, 0.25) is 5.02 Å². The first-order chi connectivity index (χ1) is 15.3. The smallest absolute Gasteiger partial charge is 0.243 e. The van der Waals surface area contributed by atoms with Crippen LogP contribution < -0.4 is 5.32 Å². The number of benzene rings is 2. The zero-order chi connectivity index (χ0) is 22.7. The van der Waals surface area contributed by atoms with E-state index in [1.165, 1.54) is 27.8 Å². The van der Waals surface area contributed by atoms with Crippen molar-refractivity contribution in [2.45, 2.75) is 11.8 Å². The van der Waals surface area contributed by atoms with Crippen LogP contribution in [0, 0.1) is 6.92 Å². The summed E-state index contributed by atoms with van der Waals surface area (Å²) in [6.07, 6.45) is 0. The van der Waals surface area contributed by atoms with E-state index < -0.39 is 10.0 Å². The summed E-state index contributed by atoms with van der Waals surface area (Å²) in [5.74, 6) is -0.203. The van der Waals surface area contributed by atoms with Gasteiger partial charge in [0.1, 0.15) is 5.01 Å². The fourth-order valence-electron chi connectivity index (χ4n) is 3.41. The molecule has 0 aliphatic carbocycles. The topological polar surface area (TPSA) is 95.5 Å². The summed E-state index contributed by atoms with van der Waals surface area (Å²) in [5, 5.41) is 12.7. The van der Waals surface area contributed by atoms with E-state index in [1.54, 1.807) is 12.1 Å². The second-order valence-corrected chi connectivity index (χ2v) is 10.8. The Labute approximate surface area is 195 Å². The molecule has 1 aromatic heterocycles. The minimum Gasteiger partial charge on any atom is -0.299 e. The Balaban J connectivity index is 1.30. The number of sulfonamides is 1. The number of nitrogens with zero attached hydrogens (tertiary/aromatic N) is 4. The Morgan fingerprint density at radius 3 is 2.50 bits per heavy atom. The molecule has 1 N–H and O–H groups in total. The second-order valence-electron chi connectivity index (χ2n) is 7.46. The Bertz CT molecular complexity index is 1210. The van der Waals surface area contributed by atoms with Gasteiger partial charge < -0.3 is 0 Å². The molecular formula is C21H22ClN5O3S2. The number of rotatable bonds is 6. The number of aryl methyl sites for hydroxylation is 1. The average molecular weight is 492 g/mol. The molecule has 2 aromatic carbocycles. The summed E-state index contributed by atoms with van der Waals surface area (Å²) >= 11 is 7.17. The lowest BCUT2D eigenvalue weighted by atomic mass is 10.1. The lowest BCUT2D eigenvalue weighted by Gasteiger charge is -2.33. The molecule has 2 heterocycles. The molecule has 0 radical (unpaired) electrons. The SMILES string of the molecule is Cc1cccc(-c2nnc(NC(=O)CN3CCN(S(=O)(=O)c4ccc(Cl)cc4)CC3)s2)c1. The maximum absolute atomic E-state index is 12.8. The van der Waals surface area contributed by atoms with Crippen LogP contribution >= 0.6 is 22.9 Å². The second kappa shape index (κ2) is 9.63. The van der Waals surface area contributed by atoms with Crippen molar-refractivity contribution in [3.05, 3.63) is 59.1 Å². The van der Waals surface area contributed by atoms with Crippen LogP contribution in [0.5, 0.6) is 0 Å². The standard InChI is InChI=1S/C21H22ClN5O3S2/c1-15-3-2-4-16(13-15)20-24-25-21(31-20)23-19(28)14-26-9-11-27(12-10-26)32(29,30)18-7-5-17(22)6-8-18/h2-8,13H,9-12,14H2,1H3,(H,23,25,28). The first-order valence-electron chi connectivity index (χ1n) is 10.00. The molecule has 0 atom stereocenters. The van der Waals surface area contributed by atoms with Crippen LogP contribution in [0.3, 0.4) is 0 Å². The van der Waals surface area contributed by atoms with Gasteiger partial charge in [0.05, 0.1) is 11.4 Å². The Hall–Kier alpha value is -2.37. The molecule has 1 fully saturated rings. The van der Waals surface area contributed by atoms with Gasteiger partial charge in [-0.1, -0.05) is 46.7 Å². The van der Waals surface area contributed by atoms with Crippen molar-refractivity contribution >= 4 is 44.0 Å². The summed E-state index contributed by atoms with van der Waals surface area (Å²) in [6, 6.07) is 14.1. The number of amides is 1. The Morgan fingerprint density at radius 2 is 1.81 bits per heavy atom. The molecule has 1 saturated heterocycles. The largest absolute Gasteiger partial charge is 0.299 e. The number of aromatic nitrogens is 2. The Kier molecular flexibility index (Phi) is 6.87. The predicted octanol–water partition coefficient (Wildman–Crippen LogP) is 3.11. The highest BCUT2D eigenvalue weighted by molar-refractivity contribution is 7.89. The molecule has 4 rings (SSSR count). The zero-order valence-electron chi connectivity index (χ0n) is 17.4. The number of halogens is 1. The Morgan fingerprint density at radius 1 is 1.09 bits per heavy atom. The minimum atomic E-state index is -3.58. The van der Waals surface area contributed by atoms with Gasteiger partial charge in [-0.15, -0.1) is 10.2 Å². The fourth-order valence-corrected chi connectivity index (χ4v) is 5.72. The van der Waals surface area contributed by atoms with Crippen LogP contribution in [0.25, 0.3) is 10.6 Å². The summed E-state index contributed by atoms with van der Waals surface area (Å²) in [4.78, 5) is 14.6. The van der Waals surface area contributed by atoms with Crippen LogP contribution in [-0.4, -0.2) is 66.5 Å². The molecule has 3 aromatic rings. The monoisotopic (exact) mass is 491 g/mol. The van der Waals surface area contributed by atoms with E-state index in [1.807, 2.05) is 36.1 Å². The molecule has 168 valence electrons. The molecule has 11 heteroatoms. The third-order valence-electron chi connectivity index (χ3n) is 5.09. The van der Waals surface area contributed by atoms with Crippen molar-refractivity contribution in [3.8, 4) is 10.6 Å². The van der Waals surface area contributed by atoms with Gasteiger partial charge in [0, 0.05) is 36.8 Å². The molecular weight excluding hydrogens is 470 g/mol. The van der Waals surface area contributed by atoms with Gasteiger partial charge in [0.2, 0.25) is 21.1 Å². The van der Waals surface area contributed by atoms with E-state index in [4.69, 9.17) is 11.6 Å². The quantitative estimate of drug-likeness (QED) is 0.569. The van der Waals surface area contributed by atoms with Crippen LogP contribution in [0.1, 0.15) is 5.56 Å². The van der Waals surface area contributed by atoms with Crippen LogP contribution in [-0.2, 0) is 14.8 Å². The molecule has 32 heavy (non-hydrogen) atoms. The van der Waals surface area contributed by atoms with Gasteiger partial charge >= 0.3 is 0 Å². The van der Waals surface area contributed by atoms with Gasteiger partial charge in [-0.2, -0.15) is 4.31 Å². The van der Waals surface area contributed by atoms with Gasteiger partial charge in [-0.25, -0.2) is 8.42 Å². The van der Waals surface area contributed by atoms with Gasteiger partial charge in [0.15, 0.2) is 0 Å². The summed E-state index contributed by atoms with van der Waals surface area (Å²) in [5.41, 5.74) is 2.08. The molecule has 0 unspecified atom stereocenters. The van der Waals surface area contributed by atoms with Gasteiger partial charge in [0.25, 0.3) is 0 Å². The molecule has 0 spiro atoms. The zero-order valence-corrected chi connectivity index (χ0v) is 19.8. The molecule has 0 bridgehead atoms. The first-order valence-corrected chi connectivity index (χ1v) is 12.6. The molecule has 1 aliphatic heterocycles. The van der Waals surface area contributed by atoms with E-state index in [0.717, 1.165) is 16.1 Å². The van der Waals surface area contributed by atoms with Crippen molar-refractivity contribution < 1.29 is 13.2 Å². The van der Waals surface area contributed by atoms with Crippen molar-refractivity contribution in [3.63, 3.8) is 0 Å². The molecule has 1 amide bonds. The fraction of sp³-hybridized carbons (Fsp3) is 0.286. The minimum absolute atomic E-state index is 0.161. The number of carbonyl (C=O) groups is 1. The van der Waals surface area contributed by atoms with E-state index in [-0.39, 0.29) is 17.3 Å². The van der Waals surface area contributed by atoms with Crippen molar-refractivity contribution in [1.82, 2.24) is 19.4 Å². The molecule has 8 nitrogen and oxygen atoms in total. The van der Waals surface area contributed by atoms with Crippen LogP contribution in [0.15, 0.2) is 53.4 Å². The lowest BCUT2D eigenvalue weighted by molar-refractivity contribution is -0.117. The van der Waals surface area contributed by atoms with Gasteiger partial charge in [-0.3, -0.25) is 15.0 Å². The summed E-state index contributed by atoms with van der Waals surface area (Å²) in [7, 11) is -3.58. The lowest BCUT2D eigenvalue weighted by Crippen LogP contribution is -2.50. The number of nitrogens with one attached hydrogen (secondary N) is 1. The normalized spacial score (nSPS) is 15.6. The maximum atomic E-state index is 12.8.